The van der Waals surface area contributed by atoms with Gasteiger partial charge in [-0.3, -0.25) is 0 Å². The van der Waals surface area contributed by atoms with Crippen LogP contribution < -0.4 is 15.2 Å². The molecule has 16 heavy (non-hydrogen) atoms. The smallest absolute Gasteiger partial charge is 0.164 e. The summed E-state index contributed by atoms with van der Waals surface area (Å²) in [5.74, 6) is 1.71. The van der Waals surface area contributed by atoms with Crippen LogP contribution in [0.2, 0.25) is 0 Å². The number of benzene rings is 1. The predicted molar refractivity (Wildman–Crippen MR) is 66.2 cm³/mol. The fourth-order valence-electron chi connectivity index (χ4n) is 1.63. The van der Waals surface area contributed by atoms with E-state index in [4.69, 9.17) is 15.2 Å². The number of hydrogen-bond acceptors (Lipinski definition) is 3. The molecule has 0 unspecified atom stereocenters. The van der Waals surface area contributed by atoms with Gasteiger partial charge in [0.2, 0.25) is 0 Å². The van der Waals surface area contributed by atoms with E-state index in [1.807, 2.05) is 26.0 Å². The Labute approximate surface area is 97.6 Å². The van der Waals surface area contributed by atoms with Crippen molar-refractivity contribution in [3.05, 3.63) is 23.8 Å². The first-order chi connectivity index (χ1) is 7.83. The molecule has 0 spiro atoms. The SMILES string of the molecule is CCOc1cccc(CCCN)c1OCC. The summed E-state index contributed by atoms with van der Waals surface area (Å²) in [6.45, 7) is 5.96. The summed E-state index contributed by atoms with van der Waals surface area (Å²) in [4.78, 5) is 0. The van der Waals surface area contributed by atoms with E-state index in [1.54, 1.807) is 0 Å². The van der Waals surface area contributed by atoms with Crippen LogP contribution in [-0.4, -0.2) is 19.8 Å². The van der Waals surface area contributed by atoms with E-state index in [2.05, 4.69) is 6.07 Å². The quantitative estimate of drug-likeness (QED) is 0.772. The maximum absolute atomic E-state index is 5.65. The van der Waals surface area contributed by atoms with E-state index >= 15 is 0 Å². The lowest BCUT2D eigenvalue weighted by atomic mass is 10.1. The highest BCUT2D eigenvalue weighted by atomic mass is 16.5. The van der Waals surface area contributed by atoms with E-state index < -0.39 is 0 Å². The largest absolute Gasteiger partial charge is 0.490 e. The Morgan fingerprint density at radius 3 is 2.50 bits per heavy atom. The zero-order valence-electron chi connectivity index (χ0n) is 10.2. The highest BCUT2D eigenvalue weighted by Crippen LogP contribution is 2.32. The van der Waals surface area contributed by atoms with E-state index in [9.17, 15) is 0 Å². The minimum atomic E-state index is 0.652. The van der Waals surface area contributed by atoms with Gasteiger partial charge in [-0.1, -0.05) is 12.1 Å². The Hall–Kier alpha value is -1.22. The van der Waals surface area contributed by atoms with Crippen molar-refractivity contribution >= 4 is 0 Å². The van der Waals surface area contributed by atoms with Crippen molar-refractivity contribution in [2.75, 3.05) is 19.8 Å². The van der Waals surface area contributed by atoms with Crippen LogP contribution in [-0.2, 0) is 6.42 Å². The van der Waals surface area contributed by atoms with Crippen molar-refractivity contribution in [3.63, 3.8) is 0 Å². The molecule has 0 aromatic heterocycles. The minimum absolute atomic E-state index is 0.652. The molecule has 0 aliphatic carbocycles. The average molecular weight is 223 g/mol. The number of ether oxygens (including phenoxy) is 2. The number of aryl methyl sites for hydroxylation is 1. The third kappa shape index (κ3) is 3.42. The first-order valence-corrected chi connectivity index (χ1v) is 5.91. The Morgan fingerprint density at radius 1 is 1.12 bits per heavy atom. The maximum Gasteiger partial charge on any atom is 0.164 e. The minimum Gasteiger partial charge on any atom is -0.490 e. The van der Waals surface area contributed by atoms with Gasteiger partial charge in [0.05, 0.1) is 13.2 Å². The number of hydrogen-bond donors (Lipinski definition) is 1. The summed E-state index contributed by atoms with van der Waals surface area (Å²) in [7, 11) is 0. The van der Waals surface area contributed by atoms with E-state index in [-0.39, 0.29) is 0 Å². The van der Waals surface area contributed by atoms with Crippen LogP contribution >= 0.6 is 0 Å². The normalized spacial score (nSPS) is 10.2. The predicted octanol–water partition coefficient (Wildman–Crippen LogP) is 2.38. The average Bonchev–Trinajstić information content (AvgIpc) is 2.30. The van der Waals surface area contributed by atoms with Gasteiger partial charge in [-0.25, -0.2) is 0 Å². The molecule has 90 valence electrons. The number of rotatable bonds is 7. The van der Waals surface area contributed by atoms with Crippen LogP contribution in [0.3, 0.4) is 0 Å². The van der Waals surface area contributed by atoms with Crippen LogP contribution in [0.25, 0.3) is 0 Å². The van der Waals surface area contributed by atoms with Gasteiger partial charge in [-0.2, -0.15) is 0 Å². The summed E-state index contributed by atoms with van der Waals surface area (Å²) >= 11 is 0. The Morgan fingerprint density at radius 2 is 1.88 bits per heavy atom. The second-order valence-electron chi connectivity index (χ2n) is 3.50. The maximum atomic E-state index is 5.65. The molecule has 0 aliphatic rings. The van der Waals surface area contributed by atoms with Gasteiger partial charge in [0.25, 0.3) is 0 Å². The van der Waals surface area contributed by atoms with E-state index in [0.29, 0.717) is 19.8 Å². The lowest BCUT2D eigenvalue weighted by Crippen LogP contribution is -2.04. The fourth-order valence-corrected chi connectivity index (χ4v) is 1.63. The molecular formula is C13H21NO2. The van der Waals surface area contributed by atoms with Gasteiger partial charge < -0.3 is 15.2 Å². The van der Waals surface area contributed by atoms with Gasteiger partial charge in [0.15, 0.2) is 11.5 Å². The molecule has 0 bridgehead atoms. The highest BCUT2D eigenvalue weighted by molar-refractivity contribution is 5.46. The van der Waals surface area contributed by atoms with Crippen molar-refractivity contribution in [2.24, 2.45) is 5.73 Å². The lowest BCUT2D eigenvalue weighted by molar-refractivity contribution is 0.285. The third-order valence-corrected chi connectivity index (χ3v) is 2.30. The fraction of sp³-hybridized carbons (Fsp3) is 0.538. The zero-order valence-corrected chi connectivity index (χ0v) is 10.2. The van der Waals surface area contributed by atoms with Crippen LogP contribution in [0.5, 0.6) is 11.5 Å². The Kier molecular flexibility index (Phi) is 5.72. The van der Waals surface area contributed by atoms with Crippen LogP contribution in [0.1, 0.15) is 25.8 Å². The van der Waals surface area contributed by atoms with E-state index in [0.717, 1.165) is 24.3 Å². The van der Waals surface area contributed by atoms with Crippen LogP contribution in [0, 0.1) is 0 Å². The second-order valence-corrected chi connectivity index (χ2v) is 3.50. The molecule has 1 rings (SSSR count). The molecule has 0 fully saturated rings. The van der Waals surface area contributed by atoms with Gasteiger partial charge in [-0.15, -0.1) is 0 Å². The molecule has 3 heteroatoms. The molecule has 0 heterocycles. The van der Waals surface area contributed by atoms with Crippen molar-refractivity contribution in [3.8, 4) is 11.5 Å². The summed E-state index contributed by atoms with van der Waals surface area (Å²) in [6.07, 6.45) is 1.91. The lowest BCUT2D eigenvalue weighted by Gasteiger charge is -2.14. The monoisotopic (exact) mass is 223 g/mol. The standard InChI is InChI=1S/C13H21NO2/c1-3-15-12-9-5-7-11(8-6-10-14)13(12)16-4-2/h5,7,9H,3-4,6,8,10,14H2,1-2H3. The van der Waals surface area contributed by atoms with Gasteiger partial charge in [0, 0.05) is 0 Å². The first-order valence-electron chi connectivity index (χ1n) is 5.91. The molecule has 0 amide bonds. The molecule has 3 nitrogen and oxygen atoms in total. The molecule has 0 aliphatic heterocycles. The van der Waals surface area contributed by atoms with Crippen molar-refractivity contribution in [1.29, 1.82) is 0 Å². The second kappa shape index (κ2) is 7.12. The summed E-state index contributed by atoms with van der Waals surface area (Å²) in [5, 5.41) is 0. The Bertz CT molecular complexity index is 313. The Balaban J connectivity index is 2.90. The van der Waals surface area contributed by atoms with Gasteiger partial charge in [-0.05, 0) is 44.9 Å². The van der Waals surface area contributed by atoms with E-state index in [1.165, 1.54) is 5.56 Å². The van der Waals surface area contributed by atoms with Crippen molar-refractivity contribution < 1.29 is 9.47 Å². The van der Waals surface area contributed by atoms with Gasteiger partial charge in [0.1, 0.15) is 0 Å². The first kappa shape index (κ1) is 12.8. The summed E-state index contributed by atoms with van der Waals surface area (Å²) < 4.78 is 11.2. The molecule has 1 aromatic carbocycles. The molecule has 1 aromatic rings. The molecule has 0 atom stereocenters. The van der Waals surface area contributed by atoms with Crippen molar-refractivity contribution in [1.82, 2.24) is 0 Å². The number of para-hydroxylation sites is 1. The zero-order chi connectivity index (χ0) is 11.8. The van der Waals surface area contributed by atoms with Crippen LogP contribution in [0.15, 0.2) is 18.2 Å². The number of nitrogens with two attached hydrogens (primary N) is 1. The molecule has 0 saturated carbocycles. The summed E-state index contributed by atoms with van der Waals surface area (Å²) in [5.41, 5.74) is 6.70. The summed E-state index contributed by atoms with van der Waals surface area (Å²) in [6, 6.07) is 6.02. The van der Waals surface area contributed by atoms with Crippen molar-refractivity contribution in [2.45, 2.75) is 26.7 Å². The topological polar surface area (TPSA) is 44.5 Å². The third-order valence-electron chi connectivity index (χ3n) is 2.30. The van der Waals surface area contributed by atoms with Gasteiger partial charge >= 0.3 is 0 Å². The molecule has 2 N–H and O–H groups in total. The molecular weight excluding hydrogens is 202 g/mol. The highest BCUT2D eigenvalue weighted by Gasteiger charge is 2.09. The molecule has 0 saturated heterocycles. The van der Waals surface area contributed by atoms with Crippen LogP contribution in [0.4, 0.5) is 0 Å². The molecule has 0 radical (unpaired) electrons.